The number of hydrogen-bond donors (Lipinski definition) is 0. The number of nitrogens with zero attached hydrogens (tertiary/aromatic N) is 6. The van der Waals surface area contributed by atoms with Crippen molar-refractivity contribution in [2.45, 2.75) is 27.7 Å². The summed E-state index contributed by atoms with van der Waals surface area (Å²) in [5.41, 5.74) is 21.2. The summed E-state index contributed by atoms with van der Waals surface area (Å²) >= 11 is 0. The van der Waals surface area contributed by atoms with E-state index in [1.807, 2.05) is 185 Å². The van der Waals surface area contributed by atoms with E-state index in [-0.39, 0.29) is 112 Å². The summed E-state index contributed by atoms with van der Waals surface area (Å²) in [6, 6.07) is 99.9. The Balaban J connectivity index is 0.000000219. The number of halogens is 3. The molecule has 0 spiro atoms. The van der Waals surface area contributed by atoms with E-state index in [9.17, 15) is 13.2 Å². The van der Waals surface area contributed by atoms with Gasteiger partial charge < -0.3 is 19.9 Å². The van der Waals surface area contributed by atoms with Gasteiger partial charge in [0.1, 0.15) is 0 Å². The minimum Gasteiger partial charge on any atom is -0.305 e. The minimum absolute atomic E-state index is 0. The molecule has 0 fully saturated rings. The van der Waals surface area contributed by atoms with E-state index in [0.29, 0.717) is 16.9 Å². The second kappa shape index (κ2) is 40.8. The third-order valence-corrected chi connectivity index (χ3v) is 14.5. The van der Waals surface area contributed by atoms with E-state index in [2.05, 4.69) is 133 Å². The van der Waals surface area contributed by atoms with Crippen molar-refractivity contribution in [1.82, 2.24) is 24.9 Å². The van der Waals surface area contributed by atoms with Crippen LogP contribution in [-0.2, 0) is 101 Å². The van der Waals surface area contributed by atoms with E-state index in [1.54, 1.807) is 37.5 Å². The summed E-state index contributed by atoms with van der Waals surface area (Å²) in [5, 5.41) is 0. The van der Waals surface area contributed by atoms with E-state index < -0.39 is 11.8 Å². The van der Waals surface area contributed by atoms with E-state index in [0.717, 1.165) is 78.4 Å². The number of rotatable bonds is 9. The van der Waals surface area contributed by atoms with Crippen LogP contribution in [-0.4, -0.2) is 24.9 Å². The van der Waals surface area contributed by atoms with Crippen LogP contribution in [0, 0.1) is 82.2 Å². The second-order valence-electron chi connectivity index (χ2n) is 21.4. The molecule has 0 aliphatic rings. The van der Waals surface area contributed by atoms with Crippen LogP contribution in [0.5, 0.6) is 0 Å². The Hall–Kier alpha value is -8.74. The monoisotopic (exact) mass is 2170 g/mol. The average Bonchev–Trinajstić information content (AvgIpc) is 0.866. The fraction of sp³-hybridized carbons (Fsp3) is 0.0476. The Labute approximate surface area is 640 Å². The maximum Gasteiger partial charge on any atom is 0.204 e. The molecule has 0 amide bonds. The van der Waals surface area contributed by atoms with Gasteiger partial charge in [0, 0.05) is 137 Å². The first-order valence-electron chi connectivity index (χ1n) is 29.9. The molecule has 0 aliphatic heterocycles. The van der Waals surface area contributed by atoms with Crippen LogP contribution >= 0.6 is 0 Å². The van der Waals surface area contributed by atoms with Gasteiger partial charge in [-0.1, -0.05) is 187 Å². The zero-order valence-corrected chi connectivity index (χ0v) is 65.2. The van der Waals surface area contributed by atoms with E-state index in [4.69, 9.17) is 6.57 Å². The second-order valence-corrected chi connectivity index (χ2v) is 21.4. The van der Waals surface area contributed by atoms with Crippen LogP contribution in [0.15, 0.2) is 292 Å². The molecule has 0 aliphatic carbocycles. The Morgan fingerprint density at radius 3 is 1.19 bits per heavy atom. The summed E-state index contributed by atoms with van der Waals surface area (Å²) in [6.07, 6.45) is 7.35. The Morgan fingerprint density at radius 1 is 0.347 bits per heavy atom. The van der Waals surface area contributed by atoms with Gasteiger partial charge in [-0.3, -0.25) is 13.8 Å². The molecule has 5 radical (unpaired) electrons. The summed E-state index contributed by atoms with van der Waals surface area (Å²) in [6.45, 7) is 14.8. The van der Waals surface area contributed by atoms with Crippen LogP contribution < -0.4 is 0 Å². The molecule has 14 rings (SSSR count). The van der Waals surface area contributed by atoms with Crippen LogP contribution in [0.4, 0.5) is 18.9 Å². The predicted octanol–water partition coefficient (Wildman–Crippen LogP) is 21.6. The molecule has 14 heteroatoms. The molecular formula is C84H60F3Ir5N6-5. The molecular weight excluding hydrogens is 2110 g/mol. The third-order valence-electron chi connectivity index (χ3n) is 14.5. The van der Waals surface area contributed by atoms with Crippen LogP contribution in [0.1, 0.15) is 22.3 Å². The van der Waals surface area contributed by atoms with E-state index >= 15 is 0 Å². The van der Waals surface area contributed by atoms with Crippen molar-refractivity contribution in [3.63, 3.8) is 0 Å². The number of aryl methyl sites for hydroxylation is 4. The van der Waals surface area contributed by atoms with Gasteiger partial charge in [-0.25, -0.2) is 4.85 Å². The average molecular weight is 2170 g/mol. The van der Waals surface area contributed by atoms with Gasteiger partial charge in [0.05, 0.1) is 6.57 Å². The van der Waals surface area contributed by atoms with Crippen molar-refractivity contribution in [2.75, 3.05) is 0 Å². The van der Waals surface area contributed by atoms with Gasteiger partial charge in [0.25, 0.3) is 0 Å². The van der Waals surface area contributed by atoms with Crippen LogP contribution in [0.3, 0.4) is 0 Å². The van der Waals surface area contributed by atoms with Gasteiger partial charge in [0.15, 0.2) is 5.69 Å². The molecule has 497 valence electrons. The molecule has 5 aromatic heterocycles. The normalized spacial score (nSPS) is 9.78. The van der Waals surface area contributed by atoms with Crippen molar-refractivity contribution in [2.24, 2.45) is 0 Å². The zero-order valence-electron chi connectivity index (χ0n) is 53.2. The molecule has 9 aromatic carbocycles. The fourth-order valence-electron chi connectivity index (χ4n) is 9.59. The molecule has 0 N–H and O–H groups in total. The smallest absolute Gasteiger partial charge is 0.204 e. The Morgan fingerprint density at radius 2 is 0.776 bits per heavy atom. The maximum absolute atomic E-state index is 14.0. The number of pyridine rings is 5. The number of benzene rings is 9. The zero-order chi connectivity index (χ0) is 64.7. The first-order valence-corrected chi connectivity index (χ1v) is 29.9. The van der Waals surface area contributed by atoms with Gasteiger partial charge in [0.2, 0.25) is 5.95 Å². The number of aromatic nitrogens is 5. The minimum atomic E-state index is -0.618. The molecule has 5 heterocycles. The molecule has 0 saturated heterocycles. The quantitative estimate of drug-likeness (QED) is 0.106. The van der Waals surface area contributed by atoms with E-state index in [1.165, 1.54) is 52.1 Å². The maximum atomic E-state index is 14.0. The summed E-state index contributed by atoms with van der Waals surface area (Å²) in [4.78, 5) is 24.7. The standard InChI is InChI=1S/C19H13N2.C18H13FN.C18H14N.C17H12N.C12H8F2N.5Ir/c1-14-6-11-19(21-13-14)17-5-3-4-16(12-17)15-7-9-18(20-2)10-8-15;1-13-7-10-18(20-12-13)15-8-9-17(19)16(11-15)14-5-3-2-4-6-14;1-14-10-11-18(19-13-14)17-9-5-8-16(12-17)15-6-3-2-4-7-15;1-2-7-14(8-3-1)15-9-6-10-16(13-15)17-11-4-5-12-18-17;1-8-6-7-11(14)15-12(8)9-4-2-3-5-10(9)13;;;;;/h3-4,6-13H,1H3;2-7,9-12H,1H3;2-8,10-13H,1H3;1-9,11-13H;2-3,5-7H,1H3;;;;;/q5*-1;;;;;. The molecule has 6 nitrogen and oxygen atoms in total. The first-order chi connectivity index (χ1) is 45.4. The SMILES string of the molecule is Cc1ccc(-c2[c-]cc(F)c(-c3ccccc3)c2)nc1.Cc1ccc(-c2[c-]ccc(-c3ccccc3)c2)nc1.Cc1ccc(F)nc1-c1[c-]cccc1F.[C-]#[N+]c1ccc(-c2cc[c-]c(-c3ccc(C)cn3)c2)cc1.[Ir].[Ir].[Ir].[Ir].[Ir].[c-]1ccc(-c2ccccc2)cc1-c1ccccn1. The number of hydrogen-bond acceptors (Lipinski definition) is 5. The Bertz CT molecular complexity index is 4690. The Kier molecular flexibility index (Phi) is 33.3. The topological polar surface area (TPSA) is 68.8 Å². The summed E-state index contributed by atoms with van der Waals surface area (Å²) in [5.74, 6) is -1.34. The molecule has 0 unspecified atom stereocenters. The van der Waals surface area contributed by atoms with Gasteiger partial charge in [-0.15, -0.1) is 154 Å². The fourth-order valence-corrected chi connectivity index (χ4v) is 9.59. The molecule has 0 atom stereocenters. The summed E-state index contributed by atoms with van der Waals surface area (Å²) in [7, 11) is 0. The summed E-state index contributed by atoms with van der Waals surface area (Å²) < 4.78 is 40.3. The van der Waals surface area contributed by atoms with Crippen molar-refractivity contribution in [3.8, 4) is 101 Å². The molecule has 0 saturated carbocycles. The van der Waals surface area contributed by atoms with Gasteiger partial charge >= 0.3 is 0 Å². The molecule has 14 aromatic rings. The predicted molar refractivity (Wildman–Crippen MR) is 369 cm³/mol. The first kappa shape index (κ1) is 79.9. The van der Waals surface area contributed by atoms with Crippen molar-refractivity contribution in [3.05, 3.63) is 373 Å². The van der Waals surface area contributed by atoms with Gasteiger partial charge in [-0.2, -0.15) is 4.39 Å². The van der Waals surface area contributed by atoms with Crippen molar-refractivity contribution >= 4 is 5.69 Å². The molecule has 98 heavy (non-hydrogen) atoms. The molecule has 0 bridgehead atoms. The van der Waals surface area contributed by atoms with Crippen LogP contribution in [0.25, 0.3) is 106 Å². The van der Waals surface area contributed by atoms with Crippen molar-refractivity contribution < 1.29 is 114 Å². The largest absolute Gasteiger partial charge is 0.305 e. The van der Waals surface area contributed by atoms with Crippen molar-refractivity contribution in [1.29, 1.82) is 0 Å². The third kappa shape index (κ3) is 22.9. The van der Waals surface area contributed by atoms with Gasteiger partial charge in [-0.05, 0) is 107 Å². The van der Waals surface area contributed by atoms with Crippen LogP contribution in [0.2, 0.25) is 0 Å².